The van der Waals surface area contributed by atoms with E-state index in [0.29, 0.717) is 19.6 Å². The van der Waals surface area contributed by atoms with Crippen LogP contribution in [0.1, 0.15) is 40.0 Å². The highest BCUT2D eigenvalue weighted by Gasteiger charge is 2.38. The molecule has 2 aliphatic rings. The van der Waals surface area contributed by atoms with E-state index in [1.165, 1.54) is 0 Å². The molecule has 2 saturated heterocycles. The first-order chi connectivity index (χ1) is 8.41. The van der Waals surface area contributed by atoms with Crippen LogP contribution in [0.4, 0.5) is 0 Å². The lowest BCUT2D eigenvalue weighted by atomic mass is 10.1. The van der Waals surface area contributed by atoms with Crippen LogP contribution in [0.3, 0.4) is 0 Å². The number of piperidine rings is 1. The van der Waals surface area contributed by atoms with Crippen molar-refractivity contribution >= 4 is 10.2 Å². The molecule has 2 heterocycles. The number of nitrogens with zero attached hydrogens (tertiary/aromatic N) is 2. The number of hydrogen-bond donors (Lipinski definition) is 0. The van der Waals surface area contributed by atoms with E-state index in [2.05, 4.69) is 0 Å². The Kier molecular flexibility index (Phi) is 4.31. The van der Waals surface area contributed by atoms with E-state index in [1.807, 2.05) is 20.8 Å². The lowest BCUT2D eigenvalue weighted by Crippen LogP contribution is -2.55. The van der Waals surface area contributed by atoms with Crippen molar-refractivity contribution < 1.29 is 13.2 Å². The molecule has 18 heavy (non-hydrogen) atoms. The normalized spacial score (nSPS) is 36.7. The fourth-order valence-corrected chi connectivity index (χ4v) is 4.90. The smallest absolute Gasteiger partial charge is 0.282 e. The van der Waals surface area contributed by atoms with Gasteiger partial charge in [0.05, 0.1) is 12.2 Å². The summed E-state index contributed by atoms with van der Waals surface area (Å²) in [5, 5.41) is 0. The zero-order valence-corrected chi connectivity index (χ0v) is 12.3. The van der Waals surface area contributed by atoms with Crippen molar-refractivity contribution in [2.75, 3.05) is 19.6 Å². The maximum Gasteiger partial charge on any atom is 0.282 e. The number of rotatable bonds is 2. The van der Waals surface area contributed by atoms with Crippen molar-refractivity contribution in [1.82, 2.24) is 8.61 Å². The Bertz CT molecular complexity index is 375. The Morgan fingerprint density at radius 1 is 1.06 bits per heavy atom. The standard InChI is InChI=1S/C12H24N2O3S/c1-10-6-4-5-7-14(10)18(15,16)13-8-11(2)17-12(3)9-13/h10-12H,4-9H2,1-3H3. The predicted molar refractivity (Wildman–Crippen MR) is 70.5 cm³/mol. The Labute approximate surface area is 110 Å². The largest absolute Gasteiger partial charge is 0.373 e. The summed E-state index contributed by atoms with van der Waals surface area (Å²) in [5.41, 5.74) is 0. The van der Waals surface area contributed by atoms with Crippen LogP contribution in [0.2, 0.25) is 0 Å². The third kappa shape index (κ3) is 2.87. The van der Waals surface area contributed by atoms with Gasteiger partial charge in [0, 0.05) is 25.7 Å². The third-order valence-corrected chi connectivity index (χ3v) is 5.84. The minimum absolute atomic E-state index is 0.0244. The molecule has 0 bridgehead atoms. The molecule has 5 nitrogen and oxygen atoms in total. The summed E-state index contributed by atoms with van der Waals surface area (Å²) in [5.74, 6) is 0. The van der Waals surface area contributed by atoms with Gasteiger partial charge in [0.2, 0.25) is 0 Å². The van der Waals surface area contributed by atoms with Gasteiger partial charge in [-0.25, -0.2) is 0 Å². The molecule has 2 aliphatic heterocycles. The van der Waals surface area contributed by atoms with Crippen molar-refractivity contribution in [2.45, 2.75) is 58.3 Å². The lowest BCUT2D eigenvalue weighted by Gasteiger charge is -2.40. The molecule has 3 unspecified atom stereocenters. The van der Waals surface area contributed by atoms with Crippen LogP contribution in [0, 0.1) is 0 Å². The Morgan fingerprint density at radius 3 is 2.22 bits per heavy atom. The Hall–Kier alpha value is -0.170. The molecule has 2 rings (SSSR count). The molecule has 0 radical (unpaired) electrons. The van der Waals surface area contributed by atoms with Gasteiger partial charge < -0.3 is 4.74 Å². The monoisotopic (exact) mass is 276 g/mol. The van der Waals surface area contributed by atoms with E-state index in [-0.39, 0.29) is 18.2 Å². The molecule has 0 spiro atoms. The van der Waals surface area contributed by atoms with E-state index < -0.39 is 10.2 Å². The summed E-state index contributed by atoms with van der Waals surface area (Å²) in [4.78, 5) is 0. The van der Waals surface area contributed by atoms with E-state index in [0.717, 1.165) is 19.3 Å². The molecule has 0 saturated carbocycles. The first-order valence-electron chi connectivity index (χ1n) is 6.83. The maximum atomic E-state index is 12.6. The second kappa shape index (κ2) is 5.45. The Morgan fingerprint density at radius 2 is 1.67 bits per heavy atom. The number of hydrogen-bond acceptors (Lipinski definition) is 3. The van der Waals surface area contributed by atoms with E-state index >= 15 is 0 Å². The van der Waals surface area contributed by atoms with Gasteiger partial charge in [-0.2, -0.15) is 17.0 Å². The van der Waals surface area contributed by atoms with Gasteiger partial charge in [-0.3, -0.25) is 0 Å². The average Bonchev–Trinajstić information content (AvgIpc) is 2.28. The van der Waals surface area contributed by atoms with E-state index in [4.69, 9.17) is 4.74 Å². The first-order valence-corrected chi connectivity index (χ1v) is 8.23. The van der Waals surface area contributed by atoms with Crippen LogP contribution in [0.25, 0.3) is 0 Å². The topological polar surface area (TPSA) is 49.9 Å². The maximum absolute atomic E-state index is 12.6. The summed E-state index contributed by atoms with van der Waals surface area (Å²) in [6.07, 6.45) is 3.02. The first kappa shape index (κ1) is 14.2. The molecular weight excluding hydrogens is 252 g/mol. The number of ether oxygens (including phenoxy) is 1. The third-order valence-electron chi connectivity index (χ3n) is 3.75. The molecule has 0 aliphatic carbocycles. The van der Waals surface area contributed by atoms with Crippen LogP contribution in [0.5, 0.6) is 0 Å². The highest BCUT2D eigenvalue weighted by Crippen LogP contribution is 2.24. The highest BCUT2D eigenvalue weighted by atomic mass is 32.2. The summed E-state index contributed by atoms with van der Waals surface area (Å²) in [6.45, 7) is 7.45. The molecule has 0 amide bonds. The Balaban J connectivity index is 2.14. The van der Waals surface area contributed by atoms with E-state index in [9.17, 15) is 8.42 Å². The van der Waals surface area contributed by atoms with Crippen molar-refractivity contribution in [2.24, 2.45) is 0 Å². The van der Waals surface area contributed by atoms with Gasteiger partial charge in [-0.1, -0.05) is 6.42 Å². The summed E-state index contributed by atoms with van der Waals surface area (Å²) >= 11 is 0. The molecule has 0 aromatic heterocycles. The second-order valence-electron chi connectivity index (χ2n) is 5.54. The highest BCUT2D eigenvalue weighted by molar-refractivity contribution is 7.86. The predicted octanol–water partition coefficient (Wildman–Crippen LogP) is 1.21. The number of morpholine rings is 1. The van der Waals surface area contributed by atoms with Gasteiger partial charge in [0.25, 0.3) is 10.2 Å². The molecule has 0 aromatic carbocycles. The van der Waals surface area contributed by atoms with Crippen LogP contribution in [-0.4, -0.2) is 54.9 Å². The summed E-state index contributed by atoms with van der Waals surface area (Å²) in [6, 6.07) is 0.122. The van der Waals surface area contributed by atoms with Gasteiger partial charge in [0.1, 0.15) is 0 Å². The zero-order chi connectivity index (χ0) is 13.3. The van der Waals surface area contributed by atoms with Crippen molar-refractivity contribution in [1.29, 1.82) is 0 Å². The van der Waals surface area contributed by atoms with Crippen molar-refractivity contribution in [3.8, 4) is 0 Å². The van der Waals surface area contributed by atoms with Gasteiger partial charge in [-0.15, -0.1) is 0 Å². The quantitative estimate of drug-likeness (QED) is 0.762. The minimum atomic E-state index is -3.31. The van der Waals surface area contributed by atoms with Crippen LogP contribution in [-0.2, 0) is 14.9 Å². The molecule has 0 N–H and O–H groups in total. The molecule has 106 valence electrons. The molecule has 3 atom stereocenters. The zero-order valence-electron chi connectivity index (χ0n) is 11.5. The SMILES string of the molecule is CC1CN(S(=O)(=O)N2CCCCC2C)CC(C)O1. The van der Waals surface area contributed by atoms with Crippen LogP contribution >= 0.6 is 0 Å². The summed E-state index contributed by atoms with van der Waals surface area (Å²) < 4.78 is 34.1. The van der Waals surface area contributed by atoms with Gasteiger partial charge >= 0.3 is 0 Å². The lowest BCUT2D eigenvalue weighted by molar-refractivity contribution is -0.0459. The molecule has 2 fully saturated rings. The average molecular weight is 276 g/mol. The van der Waals surface area contributed by atoms with Crippen LogP contribution < -0.4 is 0 Å². The fraction of sp³-hybridized carbons (Fsp3) is 1.00. The molecule has 6 heteroatoms. The summed E-state index contributed by atoms with van der Waals surface area (Å²) in [7, 11) is -3.31. The molecule has 0 aromatic rings. The van der Waals surface area contributed by atoms with Crippen molar-refractivity contribution in [3.63, 3.8) is 0 Å². The van der Waals surface area contributed by atoms with Gasteiger partial charge in [0.15, 0.2) is 0 Å². The van der Waals surface area contributed by atoms with Crippen molar-refractivity contribution in [3.05, 3.63) is 0 Å². The van der Waals surface area contributed by atoms with E-state index in [1.54, 1.807) is 8.61 Å². The second-order valence-corrected chi connectivity index (χ2v) is 7.42. The fourth-order valence-electron chi connectivity index (χ4n) is 2.88. The van der Waals surface area contributed by atoms with Gasteiger partial charge in [-0.05, 0) is 33.6 Å². The minimum Gasteiger partial charge on any atom is -0.373 e. The molecular formula is C12H24N2O3S. The van der Waals surface area contributed by atoms with Crippen LogP contribution in [0.15, 0.2) is 0 Å².